The van der Waals surface area contributed by atoms with Crippen molar-refractivity contribution >= 4 is 34.6 Å². The number of aryl methyl sites for hydroxylation is 1. The third kappa shape index (κ3) is 6.84. The predicted octanol–water partition coefficient (Wildman–Crippen LogP) is 6.36. The number of nitrogens with zero attached hydrogens (tertiary/aromatic N) is 1. The van der Waals surface area contributed by atoms with Crippen molar-refractivity contribution < 1.29 is 14.3 Å². The fourth-order valence-corrected chi connectivity index (χ4v) is 4.23. The maximum Gasteiger partial charge on any atom is 0.262 e. The summed E-state index contributed by atoms with van der Waals surface area (Å²) in [6.45, 7) is 6.71. The summed E-state index contributed by atoms with van der Waals surface area (Å²) in [6.07, 6.45) is 1.57. The summed E-state index contributed by atoms with van der Waals surface area (Å²) in [6, 6.07) is 23.2. The number of nitriles is 1. The summed E-state index contributed by atoms with van der Waals surface area (Å²) >= 11 is 2.19. The van der Waals surface area contributed by atoms with Gasteiger partial charge in [-0.05, 0) is 78.3 Å². The van der Waals surface area contributed by atoms with Crippen LogP contribution < -0.4 is 14.8 Å². The Morgan fingerprint density at radius 1 is 1.12 bits per heavy atom. The molecule has 34 heavy (non-hydrogen) atoms. The number of carbonyl (C=O) groups excluding carboxylic acids is 1. The molecule has 0 spiro atoms. The highest BCUT2D eigenvalue weighted by Crippen LogP contribution is 2.35. The summed E-state index contributed by atoms with van der Waals surface area (Å²) in [5.74, 6) is 0.789. The Hall–Kier alpha value is -3.31. The topological polar surface area (TPSA) is 71.3 Å². The Kier molecular flexibility index (Phi) is 9.11. The lowest BCUT2D eigenvalue weighted by molar-refractivity contribution is -0.117. The molecule has 0 unspecified atom stereocenters. The molecule has 0 aliphatic heterocycles. The van der Waals surface area contributed by atoms with Gasteiger partial charge >= 0.3 is 0 Å². The molecular formula is C28H27IN2O3. The lowest BCUT2D eigenvalue weighted by Crippen LogP contribution is -2.27. The van der Waals surface area contributed by atoms with Gasteiger partial charge in [0.1, 0.15) is 18.2 Å². The zero-order valence-electron chi connectivity index (χ0n) is 19.5. The molecule has 1 amide bonds. The molecule has 0 saturated heterocycles. The third-order valence-corrected chi connectivity index (χ3v) is 5.92. The molecule has 0 bridgehead atoms. The molecule has 1 N–H and O–H groups in total. The lowest BCUT2D eigenvalue weighted by atomic mass is 10.1. The number of rotatable bonds is 9. The van der Waals surface area contributed by atoms with Gasteiger partial charge in [-0.3, -0.25) is 4.79 Å². The van der Waals surface area contributed by atoms with Crippen LogP contribution in [0.4, 0.5) is 0 Å². The second-order valence-electron chi connectivity index (χ2n) is 7.82. The van der Waals surface area contributed by atoms with Gasteiger partial charge in [0.05, 0.1) is 16.2 Å². The number of ether oxygens (including phenoxy) is 2. The molecular weight excluding hydrogens is 539 g/mol. The van der Waals surface area contributed by atoms with Crippen molar-refractivity contribution in [2.45, 2.75) is 33.4 Å². The van der Waals surface area contributed by atoms with E-state index in [2.05, 4.69) is 34.0 Å². The molecule has 0 aliphatic rings. The summed E-state index contributed by atoms with van der Waals surface area (Å²) < 4.78 is 12.8. The van der Waals surface area contributed by atoms with Gasteiger partial charge in [0.25, 0.3) is 5.91 Å². The van der Waals surface area contributed by atoms with Gasteiger partial charge < -0.3 is 14.8 Å². The fourth-order valence-electron chi connectivity index (χ4n) is 3.45. The first-order valence-electron chi connectivity index (χ1n) is 11.0. The van der Waals surface area contributed by atoms with E-state index in [1.54, 1.807) is 12.1 Å². The molecule has 5 nitrogen and oxygen atoms in total. The molecule has 3 aromatic rings. The van der Waals surface area contributed by atoms with Crippen molar-refractivity contribution in [2.24, 2.45) is 0 Å². The number of hydrogen-bond acceptors (Lipinski definition) is 4. The highest BCUT2D eigenvalue weighted by atomic mass is 127. The number of benzene rings is 3. The second-order valence-corrected chi connectivity index (χ2v) is 8.98. The van der Waals surface area contributed by atoms with Crippen LogP contribution in [0.25, 0.3) is 6.08 Å². The van der Waals surface area contributed by atoms with Gasteiger partial charge in [0, 0.05) is 0 Å². The van der Waals surface area contributed by atoms with Crippen LogP contribution in [-0.2, 0) is 11.4 Å². The van der Waals surface area contributed by atoms with Crippen LogP contribution in [0.2, 0.25) is 0 Å². The maximum absolute atomic E-state index is 12.8. The molecule has 0 saturated carbocycles. The minimum atomic E-state index is -0.424. The van der Waals surface area contributed by atoms with Crippen LogP contribution >= 0.6 is 22.6 Å². The molecule has 0 heterocycles. The van der Waals surface area contributed by atoms with E-state index in [0.717, 1.165) is 14.7 Å². The van der Waals surface area contributed by atoms with Crippen LogP contribution in [0.1, 0.15) is 42.1 Å². The van der Waals surface area contributed by atoms with Crippen LogP contribution in [0.15, 0.2) is 72.3 Å². The SMILES string of the molecule is CCOc1cc(/C=C(/C#N)C(=O)N[C@H](C)c2ccccc2)cc(I)c1OCc1cccc(C)c1. The Balaban J connectivity index is 1.82. The van der Waals surface area contributed by atoms with Gasteiger partial charge in [-0.25, -0.2) is 0 Å². The normalized spacial score (nSPS) is 11.9. The molecule has 174 valence electrons. The van der Waals surface area contributed by atoms with E-state index in [1.165, 1.54) is 5.56 Å². The molecule has 0 radical (unpaired) electrons. The average Bonchev–Trinajstić information content (AvgIpc) is 2.82. The summed E-state index contributed by atoms with van der Waals surface area (Å²) in [4.78, 5) is 12.8. The van der Waals surface area contributed by atoms with Crippen molar-refractivity contribution in [3.8, 4) is 17.6 Å². The number of nitrogens with one attached hydrogen (secondary N) is 1. The Labute approximate surface area is 214 Å². The van der Waals surface area contributed by atoms with Crippen molar-refractivity contribution in [1.82, 2.24) is 5.32 Å². The zero-order chi connectivity index (χ0) is 24.5. The zero-order valence-corrected chi connectivity index (χ0v) is 21.6. The number of carbonyl (C=O) groups is 1. The molecule has 0 aromatic heterocycles. The minimum Gasteiger partial charge on any atom is -0.490 e. The van der Waals surface area contributed by atoms with Gasteiger partial charge in [0.2, 0.25) is 0 Å². The van der Waals surface area contributed by atoms with Crippen molar-refractivity contribution in [3.63, 3.8) is 0 Å². The maximum atomic E-state index is 12.8. The van der Waals surface area contributed by atoms with E-state index >= 15 is 0 Å². The molecule has 3 aromatic carbocycles. The molecule has 0 fully saturated rings. The van der Waals surface area contributed by atoms with E-state index in [0.29, 0.717) is 30.3 Å². The lowest BCUT2D eigenvalue weighted by Gasteiger charge is -2.16. The number of amides is 1. The monoisotopic (exact) mass is 566 g/mol. The first-order valence-corrected chi connectivity index (χ1v) is 12.1. The van der Waals surface area contributed by atoms with E-state index in [1.807, 2.05) is 81.4 Å². The Morgan fingerprint density at radius 2 is 1.88 bits per heavy atom. The highest BCUT2D eigenvalue weighted by Gasteiger charge is 2.16. The highest BCUT2D eigenvalue weighted by molar-refractivity contribution is 14.1. The predicted molar refractivity (Wildman–Crippen MR) is 142 cm³/mol. The quantitative estimate of drug-likeness (QED) is 0.186. The first-order chi connectivity index (χ1) is 16.4. The summed E-state index contributed by atoms with van der Waals surface area (Å²) in [7, 11) is 0. The third-order valence-electron chi connectivity index (χ3n) is 5.12. The van der Waals surface area contributed by atoms with E-state index < -0.39 is 5.91 Å². The van der Waals surface area contributed by atoms with E-state index in [4.69, 9.17) is 9.47 Å². The summed E-state index contributed by atoms with van der Waals surface area (Å²) in [5.41, 5.74) is 3.92. The standard InChI is InChI=1S/C28H27IN2O3/c1-4-33-26-16-22(15-25(29)27(26)34-18-21-10-8-9-19(2)13-21)14-24(17-30)28(32)31-20(3)23-11-6-5-7-12-23/h5-16,20H,4,18H2,1-3H3,(H,31,32)/b24-14-/t20-/m1/s1. The van der Waals surface area contributed by atoms with Crippen LogP contribution in [0.5, 0.6) is 11.5 Å². The van der Waals surface area contributed by atoms with Gasteiger partial charge in [-0.1, -0.05) is 60.2 Å². The van der Waals surface area contributed by atoms with Gasteiger partial charge in [0.15, 0.2) is 11.5 Å². The largest absolute Gasteiger partial charge is 0.490 e. The van der Waals surface area contributed by atoms with Gasteiger partial charge in [-0.15, -0.1) is 0 Å². The van der Waals surface area contributed by atoms with Crippen LogP contribution in [-0.4, -0.2) is 12.5 Å². The van der Waals surface area contributed by atoms with Crippen molar-refractivity contribution in [1.29, 1.82) is 5.26 Å². The van der Waals surface area contributed by atoms with E-state index in [-0.39, 0.29) is 11.6 Å². The molecule has 0 aliphatic carbocycles. The van der Waals surface area contributed by atoms with Crippen molar-refractivity contribution in [2.75, 3.05) is 6.61 Å². The smallest absolute Gasteiger partial charge is 0.262 e. The summed E-state index contributed by atoms with van der Waals surface area (Å²) in [5, 5.41) is 12.5. The Bertz CT molecular complexity index is 1220. The molecule has 6 heteroatoms. The number of halogens is 1. The molecule has 3 rings (SSSR count). The van der Waals surface area contributed by atoms with E-state index in [9.17, 15) is 10.1 Å². The molecule has 1 atom stereocenters. The second kappa shape index (κ2) is 12.2. The van der Waals surface area contributed by atoms with Gasteiger partial charge in [-0.2, -0.15) is 5.26 Å². The van der Waals surface area contributed by atoms with Crippen LogP contribution in [0.3, 0.4) is 0 Å². The average molecular weight is 566 g/mol. The number of hydrogen-bond donors (Lipinski definition) is 1. The van der Waals surface area contributed by atoms with Crippen molar-refractivity contribution in [3.05, 3.63) is 98.1 Å². The Morgan fingerprint density at radius 3 is 2.56 bits per heavy atom. The first kappa shape index (κ1) is 25.3. The minimum absolute atomic E-state index is 0.0226. The fraction of sp³-hybridized carbons (Fsp3) is 0.214. The van der Waals surface area contributed by atoms with Crippen LogP contribution in [0, 0.1) is 21.8 Å².